The lowest BCUT2D eigenvalue weighted by Crippen LogP contribution is -2.19. The summed E-state index contributed by atoms with van der Waals surface area (Å²) in [6, 6.07) is 5.73. The number of nitrogens with zero attached hydrogens (tertiary/aromatic N) is 1. The van der Waals surface area contributed by atoms with Crippen molar-refractivity contribution in [1.29, 1.82) is 0 Å². The van der Waals surface area contributed by atoms with E-state index in [4.69, 9.17) is 4.84 Å². The zero-order valence-electron chi connectivity index (χ0n) is 9.00. The Labute approximate surface area is 84.2 Å². The van der Waals surface area contributed by atoms with Gasteiger partial charge in [0.05, 0.1) is 5.56 Å². The standard InChI is InChI=1S/C11H15NO2/c1-8-5-6-9(2)10(7-8)11(13)14-12(3)4/h5-7H,1-4H3. The Hall–Kier alpha value is -1.35. The highest BCUT2D eigenvalue weighted by molar-refractivity contribution is 5.91. The Balaban J connectivity index is 2.94. The molecule has 3 heteroatoms. The van der Waals surface area contributed by atoms with Crippen molar-refractivity contribution in [1.82, 2.24) is 5.06 Å². The first-order valence-electron chi connectivity index (χ1n) is 4.47. The van der Waals surface area contributed by atoms with E-state index in [1.807, 2.05) is 32.0 Å². The van der Waals surface area contributed by atoms with Gasteiger partial charge in [-0.3, -0.25) is 0 Å². The van der Waals surface area contributed by atoms with Crippen LogP contribution < -0.4 is 0 Å². The Morgan fingerprint density at radius 3 is 2.50 bits per heavy atom. The molecular weight excluding hydrogens is 178 g/mol. The van der Waals surface area contributed by atoms with E-state index in [1.165, 1.54) is 5.06 Å². The number of benzene rings is 1. The van der Waals surface area contributed by atoms with E-state index in [1.54, 1.807) is 14.1 Å². The third-order valence-corrected chi connectivity index (χ3v) is 1.88. The molecule has 1 aromatic carbocycles. The largest absolute Gasteiger partial charge is 0.364 e. The Morgan fingerprint density at radius 1 is 1.29 bits per heavy atom. The fourth-order valence-corrected chi connectivity index (χ4v) is 1.17. The first-order chi connectivity index (χ1) is 6.50. The van der Waals surface area contributed by atoms with Crippen LogP contribution >= 0.6 is 0 Å². The fraction of sp³-hybridized carbons (Fsp3) is 0.364. The second-order valence-electron chi connectivity index (χ2n) is 3.51. The number of carbonyl (C=O) groups is 1. The van der Waals surface area contributed by atoms with E-state index in [0.717, 1.165) is 11.1 Å². The lowest BCUT2D eigenvalue weighted by Gasteiger charge is -2.11. The van der Waals surface area contributed by atoms with Gasteiger partial charge in [-0.05, 0) is 25.5 Å². The van der Waals surface area contributed by atoms with E-state index >= 15 is 0 Å². The number of hydrogen-bond donors (Lipinski definition) is 0. The van der Waals surface area contributed by atoms with Crippen LogP contribution in [0.3, 0.4) is 0 Å². The van der Waals surface area contributed by atoms with Crippen molar-refractivity contribution in [2.45, 2.75) is 13.8 Å². The first kappa shape index (κ1) is 10.7. The van der Waals surface area contributed by atoms with E-state index in [2.05, 4.69) is 0 Å². The number of carbonyl (C=O) groups excluding carboxylic acids is 1. The van der Waals surface area contributed by atoms with Crippen LogP contribution in [0.5, 0.6) is 0 Å². The molecule has 0 aromatic heterocycles. The maximum Gasteiger partial charge on any atom is 0.357 e. The predicted molar refractivity (Wildman–Crippen MR) is 55.0 cm³/mol. The molecule has 1 aromatic rings. The van der Waals surface area contributed by atoms with Crippen molar-refractivity contribution in [3.05, 3.63) is 34.9 Å². The van der Waals surface area contributed by atoms with Crippen LogP contribution in [0.15, 0.2) is 18.2 Å². The van der Waals surface area contributed by atoms with E-state index in [-0.39, 0.29) is 5.97 Å². The lowest BCUT2D eigenvalue weighted by molar-refractivity contribution is -0.0714. The SMILES string of the molecule is Cc1ccc(C)c(C(=O)ON(C)C)c1. The second-order valence-corrected chi connectivity index (χ2v) is 3.51. The molecule has 0 heterocycles. The third kappa shape index (κ3) is 2.57. The highest BCUT2D eigenvalue weighted by Gasteiger charge is 2.11. The number of aryl methyl sites for hydroxylation is 2. The Morgan fingerprint density at radius 2 is 1.93 bits per heavy atom. The van der Waals surface area contributed by atoms with E-state index in [9.17, 15) is 4.79 Å². The molecule has 0 saturated heterocycles. The summed E-state index contributed by atoms with van der Waals surface area (Å²) in [7, 11) is 3.37. The quantitative estimate of drug-likeness (QED) is 0.672. The lowest BCUT2D eigenvalue weighted by atomic mass is 10.1. The van der Waals surface area contributed by atoms with Gasteiger partial charge in [-0.25, -0.2) is 4.79 Å². The fourth-order valence-electron chi connectivity index (χ4n) is 1.17. The van der Waals surface area contributed by atoms with Gasteiger partial charge in [0.25, 0.3) is 0 Å². The van der Waals surface area contributed by atoms with Gasteiger partial charge in [-0.15, -0.1) is 5.06 Å². The molecule has 14 heavy (non-hydrogen) atoms. The molecule has 0 saturated carbocycles. The molecule has 0 atom stereocenters. The molecule has 0 N–H and O–H groups in total. The minimum Gasteiger partial charge on any atom is -0.364 e. The van der Waals surface area contributed by atoms with E-state index < -0.39 is 0 Å². The molecule has 76 valence electrons. The van der Waals surface area contributed by atoms with Crippen LogP contribution in [0.1, 0.15) is 21.5 Å². The number of hydrogen-bond acceptors (Lipinski definition) is 3. The zero-order valence-corrected chi connectivity index (χ0v) is 9.00. The summed E-state index contributed by atoms with van der Waals surface area (Å²) in [5.74, 6) is -0.309. The number of hydroxylamine groups is 2. The van der Waals surface area contributed by atoms with E-state index in [0.29, 0.717) is 5.56 Å². The summed E-state index contributed by atoms with van der Waals surface area (Å²) in [6.45, 7) is 3.84. The van der Waals surface area contributed by atoms with Crippen LogP contribution in [-0.2, 0) is 4.84 Å². The normalized spacial score (nSPS) is 10.4. The third-order valence-electron chi connectivity index (χ3n) is 1.88. The smallest absolute Gasteiger partial charge is 0.357 e. The van der Waals surface area contributed by atoms with Crippen molar-refractivity contribution >= 4 is 5.97 Å². The summed E-state index contributed by atoms with van der Waals surface area (Å²) < 4.78 is 0. The molecule has 0 aliphatic carbocycles. The summed E-state index contributed by atoms with van der Waals surface area (Å²) in [5, 5.41) is 1.39. The predicted octanol–water partition coefficient (Wildman–Crippen LogP) is 1.94. The zero-order chi connectivity index (χ0) is 10.7. The average molecular weight is 193 g/mol. The molecule has 0 unspecified atom stereocenters. The Kier molecular flexibility index (Phi) is 3.25. The topological polar surface area (TPSA) is 29.5 Å². The monoisotopic (exact) mass is 193 g/mol. The molecule has 3 nitrogen and oxygen atoms in total. The van der Waals surface area contributed by atoms with Crippen molar-refractivity contribution in [2.75, 3.05) is 14.1 Å². The van der Waals surface area contributed by atoms with Gasteiger partial charge in [0, 0.05) is 14.1 Å². The summed E-state index contributed by atoms with van der Waals surface area (Å²) in [4.78, 5) is 16.5. The van der Waals surface area contributed by atoms with Gasteiger partial charge in [0.2, 0.25) is 0 Å². The maximum atomic E-state index is 11.6. The molecule has 0 amide bonds. The van der Waals surface area contributed by atoms with Gasteiger partial charge in [-0.2, -0.15) is 0 Å². The second kappa shape index (κ2) is 4.24. The molecular formula is C11H15NO2. The number of rotatable bonds is 2. The van der Waals surface area contributed by atoms with Crippen LogP contribution in [0, 0.1) is 13.8 Å². The minimum absolute atomic E-state index is 0.309. The van der Waals surface area contributed by atoms with Crippen molar-refractivity contribution in [2.24, 2.45) is 0 Å². The maximum absolute atomic E-state index is 11.6. The summed E-state index contributed by atoms with van der Waals surface area (Å²) >= 11 is 0. The van der Waals surface area contributed by atoms with Gasteiger partial charge >= 0.3 is 5.97 Å². The van der Waals surface area contributed by atoms with Gasteiger partial charge in [0.1, 0.15) is 0 Å². The minimum atomic E-state index is -0.309. The Bertz CT molecular complexity index is 345. The van der Waals surface area contributed by atoms with Gasteiger partial charge < -0.3 is 4.84 Å². The van der Waals surface area contributed by atoms with Crippen LogP contribution in [0.4, 0.5) is 0 Å². The first-order valence-corrected chi connectivity index (χ1v) is 4.47. The summed E-state index contributed by atoms with van der Waals surface area (Å²) in [5.41, 5.74) is 2.61. The van der Waals surface area contributed by atoms with Crippen molar-refractivity contribution in [3.63, 3.8) is 0 Å². The molecule has 0 bridgehead atoms. The van der Waals surface area contributed by atoms with Crippen LogP contribution in [0.2, 0.25) is 0 Å². The molecule has 0 aliphatic rings. The highest BCUT2D eigenvalue weighted by Crippen LogP contribution is 2.11. The van der Waals surface area contributed by atoms with Gasteiger partial charge in [-0.1, -0.05) is 17.7 Å². The van der Waals surface area contributed by atoms with Crippen molar-refractivity contribution < 1.29 is 9.63 Å². The van der Waals surface area contributed by atoms with Crippen molar-refractivity contribution in [3.8, 4) is 0 Å². The average Bonchev–Trinajstić information content (AvgIpc) is 2.08. The van der Waals surface area contributed by atoms with Crippen LogP contribution in [-0.4, -0.2) is 25.1 Å². The molecule has 0 fully saturated rings. The molecule has 1 rings (SSSR count). The van der Waals surface area contributed by atoms with Gasteiger partial charge in [0.15, 0.2) is 0 Å². The molecule has 0 spiro atoms. The van der Waals surface area contributed by atoms with Crippen LogP contribution in [0.25, 0.3) is 0 Å². The molecule has 0 aliphatic heterocycles. The summed E-state index contributed by atoms with van der Waals surface area (Å²) in [6.07, 6.45) is 0. The molecule has 0 radical (unpaired) electrons. The highest BCUT2D eigenvalue weighted by atomic mass is 16.7.